The fraction of sp³-hybridized carbons (Fsp3) is 0.152. The predicted molar refractivity (Wildman–Crippen MR) is 165 cm³/mol. The van der Waals surface area contributed by atoms with E-state index < -0.39 is 85.2 Å². The number of hydrogen-bond donors (Lipinski definition) is 4. The molecule has 47 heavy (non-hydrogen) atoms. The summed E-state index contributed by atoms with van der Waals surface area (Å²) >= 11 is 3.47. The van der Waals surface area contributed by atoms with Gasteiger partial charge in [-0.1, -0.05) is 17.3 Å². The third-order valence-electron chi connectivity index (χ3n) is 8.77. The van der Waals surface area contributed by atoms with Crippen LogP contribution in [0.25, 0.3) is 10.8 Å². The Labute approximate surface area is 270 Å². The number of aromatic hydroxyl groups is 3. The second kappa shape index (κ2) is 10.5. The van der Waals surface area contributed by atoms with E-state index in [1.165, 1.54) is 36.5 Å². The topological polar surface area (TPSA) is 193 Å². The first-order valence-electron chi connectivity index (χ1n) is 14.0. The van der Waals surface area contributed by atoms with Crippen LogP contribution in [-0.2, 0) is 28.0 Å². The van der Waals surface area contributed by atoms with Gasteiger partial charge in [-0.2, -0.15) is 0 Å². The number of oxime groups is 1. The van der Waals surface area contributed by atoms with E-state index in [1.807, 2.05) is 0 Å². The van der Waals surface area contributed by atoms with Crippen molar-refractivity contribution in [3.8, 4) is 17.2 Å². The Hall–Kier alpha value is -5.63. The summed E-state index contributed by atoms with van der Waals surface area (Å²) in [7, 11) is 1.12. The lowest BCUT2D eigenvalue weighted by Crippen LogP contribution is -2.36. The molecule has 4 aromatic rings. The first-order valence-corrected chi connectivity index (χ1v) is 14.8. The van der Waals surface area contributed by atoms with Crippen LogP contribution in [0.2, 0.25) is 0 Å². The van der Waals surface area contributed by atoms with E-state index in [2.05, 4.69) is 26.1 Å². The first-order chi connectivity index (χ1) is 22.4. The van der Waals surface area contributed by atoms with Gasteiger partial charge in [0, 0.05) is 21.5 Å². The van der Waals surface area contributed by atoms with Crippen LogP contribution < -0.4 is 5.56 Å². The number of hydrogen-bond acceptors (Lipinski definition) is 11. The quantitative estimate of drug-likeness (QED) is 0.101. The molecule has 1 heterocycles. The molecule has 0 radical (unpaired) electrons. The zero-order valence-corrected chi connectivity index (χ0v) is 25.7. The highest BCUT2D eigenvalue weighted by molar-refractivity contribution is 9.10. The van der Waals surface area contributed by atoms with Crippen LogP contribution in [0.3, 0.4) is 0 Å². The van der Waals surface area contributed by atoms with Crippen molar-refractivity contribution >= 4 is 56.0 Å². The SMILES string of the molecule is COC1=CC(=O)c2c(O)c3c(c(O)c2C1=O)C(=O)[C@]1(CCc2c1c(O)c1c(=O)[nH]c(/C=N/OCc4ccc(F)cc4)cc1c2Br)C3=O. The van der Waals surface area contributed by atoms with E-state index in [0.29, 0.717) is 15.6 Å². The van der Waals surface area contributed by atoms with E-state index in [-0.39, 0.29) is 41.5 Å². The summed E-state index contributed by atoms with van der Waals surface area (Å²) in [4.78, 5) is 75.4. The highest BCUT2D eigenvalue weighted by Gasteiger charge is 2.62. The second-order valence-corrected chi connectivity index (χ2v) is 12.0. The van der Waals surface area contributed by atoms with Crippen molar-refractivity contribution in [2.45, 2.75) is 24.9 Å². The predicted octanol–water partition coefficient (Wildman–Crippen LogP) is 4.27. The number of nitrogens with zero attached hydrogens (tertiary/aromatic N) is 1. The molecule has 0 bridgehead atoms. The molecule has 7 rings (SSSR count). The van der Waals surface area contributed by atoms with Crippen molar-refractivity contribution in [2.75, 3.05) is 7.11 Å². The number of Topliss-reactive ketones (excluding diaryl/α,β-unsaturated/α-hetero) is 3. The number of carbonyl (C=O) groups is 4. The summed E-state index contributed by atoms with van der Waals surface area (Å²) in [6.07, 6.45) is 1.86. The van der Waals surface area contributed by atoms with Gasteiger partial charge in [-0.25, -0.2) is 4.39 Å². The van der Waals surface area contributed by atoms with Crippen LogP contribution in [0, 0.1) is 5.82 Å². The molecule has 3 aliphatic carbocycles. The molecule has 0 saturated carbocycles. The molecule has 12 nitrogen and oxygen atoms in total. The lowest BCUT2D eigenvalue weighted by molar-refractivity contribution is 0.0790. The van der Waals surface area contributed by atoms with Gasteiger partial charge in [0.1, 0.15) is 35.1 Å². The Morgan fingerprint density at radius 2 is 1.64 bits per heavy atom. The lowest BCUT2D eigenvalue weighted by Gasteiger charge is -2.23. The van der Waals surface area contributed by atoms with E-state index in [1.54, 1.807) is 0 Å². The standard InChI is InChI=1S/C33H20BrFN2O10/c1-46-18-9-17(38)20-21(26(18)39)28(41)23-22(27(20)40)30(43)33(31(23)44)7-6-15-24(33)29(42)19-16(25(15)34)8-14(37-32(19)45)10-36-47-11-12-2-4-13(35)5-3-12/h2-5,8-10,40-42H,6-7,11H2,1H3,(H,37,45)/b36-10+/t33-/m0/s1. The molecule has 0 unspecified atom stereocenters. The average molecular weight is 703 g/mol. The van der Waals surface area contributed by atoms with Gasteiger partial charge >= 0.3 is 0 Å². The number of carbonyl (C=O) groups excluding carboxylic acids is 4. The number of nitrogens with one attached hydrogen (secondary N) is 1. The number of phenols is 3. The minimum absolute atomic E-state index is 0.0274. The van der Waals surface area contributed by atoms with Gasteiger partial charge in [-0.05, 0) is 58.1 Å². The molecule has 1 aromatic heterocycles. The number of benzene rings is 3. The summed E-state index contributed by atoms with van der Waals surface area (Å²) in [6, 6.07) is 7.10. The Morgan fingerprint density at radius 3 is 2.30 bits per heavy atom. The van der Waals surface area contributed by atoms with Crippen LogP contribution in [0.15, 0.2) is 56.6 Å². The molecule has 3 aliphatic rings. The van der Waals surface area contributed by atoms with E-state index in [0.717, 1.165) is 13.2 Å². The molecular formula is C33H20BrFN2O10. The molecule has 236 valence electrons. The third kappa shape index (κ3) is 4.03. The summed E-state index contributed by atoms with van der Waals surface area (Å²) < 4.78 is 18.3. The molecule has 1 spiro atoms. The van der Waals surface area contributed by atoms with Crippen molar-refractivity contribution in [1.82, 2.24) is 4.98 Å². The summed E-state index contributed by atoms with van der Waals surface area (Å²) in [5.74, 6) is -7.35. The number of pyridine rings is 1. The zero-order valence-electron chi connectivity index (χ0n) is 24.1. The van der Waals surface area contributed by atoms with Gasteiger partial charge in [0.25, 0.3) is 5.56 Å². The number of methoxy groups -OCH3 is 1. The third-order valence-corrected chi connectivity index (χ3v) is 9.68. The number of phenolic OH excluding ortho intramolecular Hbond substituents is 3. The number of H-pyrrole nitrogens is 1. The number of halogens is 2. The first kappa shape index (κ1) is 30.0. The summed E-state index contributed by atoms with van der Waals surface area (Å²) in [5.41, 5.74) is -4.67. The smallest absolute Gasteiger partial charge is 0.260 e. The molecule has 0 saturated heterocycles. The molecule has 3 aromatic carbocycles. The maximum absolute atomic E-state index is 14.2. The van der Waals surface area contributed by atoms with Gasteiger partial charge in [-0.3, -0.25) is 24.0 Å². The summed E-state index contributed by atoms with van der Waals surface area (Å²) in [6.45, 7) is 0.0274. The van der Waals surface area contributed by atoms with Gasteiger partial charge in [-0.15, -0.1) is 0 Å². The van der Waals surface area contributed by atoms with Crippen LogP contribution in [-0.4, -0.2) is 56.8 Å². The Kier molecular flexibility index (Phi) is 6.68. The van der Waals surface area contributed by atoms with Crippen molar-refractivity contribution in [3.05, 3.63) is 107 Å². The molecule has 14 heteroatoms. The van der Waals surface area contributed by atoms with E-state index in [9.17, 15) is 43.7 Å². The number of ether oxygens (including phenoxy) is 1. The average Bonchev–Trinajstić information content (AvgIpc) is 3.55. The lowest BCUT2D eigenvalue weighted by atomic mass is 9.76. The number of rotatable bonds is 5. The van der Waals surface area contributed by atoms with Gasteiger partial charge < -0.3 is 29.9 Å². The minimum atomic E-state index is -2.18. The van der Waals surface area contributed by atoms with Gasteiger partial charge in [0.05, 0.1) is 46.7 Å². The fourth-order valence-corrected chi connectivity index (χ4v) is 7.37. The molecular weight excluding hydrogens is 683 g/mol. The van der Waals surface area contributed by atoms with Crippen LogP contribution in [0.4, 0.5) is 4.39 Å². The van der Waals surface area contributed by atoms with Gasteiger partial charge in [0.2, 0.25) is 5.78 Å². The molecule has 1 atom stereocenters. The van der Waals surface area contributed by atoms with Crippen molar-refractivity contribution < 1.29 is 48.5 Å². The van der Waals surface area contributed by atoms with Crippen molar-refractivity contribution in [2.24, 2.45) is 5.16 Å². The molecule has 0 amide bonds. The number of aromatic amines is 1. The largest absolute Gasteiger partial charge is 0.507 e. The van der Waals surface area contributed by atoms with Crippen LogP contribution in [0.5, 0.6) is 17.2 Å². The monoisotopic (exact) mass is 702 g/mol. The Bertz CT molecular complexity index is 2290. The van der Waals surface area contributed by atoms with Crippen LogP contribution >= 0.6 is 15.9 Å². The van der Waals surface area contributed by atoms with E-state index >= 15 is 0 Å². The van der Waals surface area contributed by atoms with Crippen molar-refractivity contribution in [1.29, 1.82) is 0 Å². The second-order valence-electron chi connectivity index (χ2n) is 11.2. The normalized spacial score (nSPS) is 18.2. The fourth-order valence-electron chi connectivity index (χ4n) is 6.66. The molecule has 0 aliphatic heterocycles. The van der Waals surface area contributed by atoms with Crippen molar-refractivity contribution in [3.63, 3.8) is 0 Å². The molecule has 4 N–H and O–H groups in total. The maximum atomic E-state index is 14.2. The number of aromatic nitrogens is 1. The van der Waals surface area contributed by atoms with Gasteiger partial charge in [0.15, 0.2) is 23.1 Å². The highest BCUT2D eigenvalue weighted by atomic mass is 79.9. The minimum Gasteiger partial charge on any atom is -0.507 e. The Balaban J connectivity index is 1.33. The zero-order chi connectivity index (χ0) is 33.5. The number of fused-ring (bicyclic) bond motifs is 5. The number of ketones is 4. The maximum Gasteiger partial charge on any atom is 0.260 e. The molecule has 0 fully saturated rings. The Morgan fingerprint density at radius 1 is 0.979 bits per heavy atom. The van der Waals surface area contributed by atoms with E-state index in [4.69, 9.17) is 9.57 Å². The van der Waals surface area contributed by atoms with Crippen LogP contribution in [0.1, 0.15) is 70.2 Å². The highest BCUT2D eigenvalue weighted by Crippen LogP contribution is 2.58. The summed E-state index contributed by atoms with van der Waals surface area (Å²) in [5, 5.41) is 37.7. The number of allylic oxidation sites excluding steroid dienone is 2.